The minimum Gasteiger partial charge on any atom is -0.481 e. The molecule has 1 aromatic rings. The molecule has 2 heterocycles. The van der Waals surface area contributed by atoms with Crippen LogP contribution in [0.4, 0.5) is 0 Å². The van der Waals surface area contributed by atoms with E-state index in [2.05, 4.69) is 20.2 Å². The Hall–Kier alpha value is -2.31. The van der Waals surface area contributed by atoms with Crippen molar-refractivity contribution >= 4 is 11.9 Å². The monoisotopic (exact) mass is 320 g/mol. The molecule has 7 heteroatoms. The Labute approximate surface area is 136 Å². The van der Waals surface area contributed by atoms with Crippen molar-refractivity contribution in [1.29, 1.82) is 0 Å². The van der Waals surface area contributed by atoms with Gasteiger partial charge in [-0.25, -0.2) is 4.98 Å². The fourth-order valence-corrected chi connectivity index (χ4v) is 2.68. The van der Waals surface area contributed by atoms with Gasteiger partial charge in [0, 0.05) is 38.9 Å². The summed E-state index contributed by atoms with van der Waals surface area (Å²) < 4.78 is 9.94. The van der Waals surface area contributed by atoms with E-state index in [1.165, 1.54) is 7.11 Å². The minimum atomic E-state index is -0.114. The lowest BCUT2D eigenvalue weighted by Crippen LogP contribution is -2.46. The largest absolute Gasteiger partial charge is 0.481 e. The quantitative estimate of drug-likeness (QED) is 0.508. The fourth-order valence-electron chi connectivity index (χ4n) is 2.68. The van der Waals surface area contributed by atoms with Crippen LogP contribution in [0, 0.1) is 5.92 Å². The van der Waals surface area contributed by atoms with Gasteiger partial charge in [-0.2, -0.15) is 0 Å². The number of ether oxygens (including phenoxy) is 2. The number of likely N-dealkylation sites (tertiary alicyclic amines) is 1. The number of pyridine rings is 1. The summed E-state index contributed by atoms with van der Waals surface area (Å²) in [7, 11) is 4.81. The zero-order valence-electron chi connectivity index (χ0n) is 13.9. The highest BCUT2D eigenvalue weighted by Gasteiger charge is 2.26. The number of rotatable bonds is 4. The lowest BCUT2D eigenvalue weighted by atomic mass is 9.97. The van der Waals surface area contributed by atoms with Gasteiger partial charge in [-0.1, -0.05) is 0 Å². The van der Waals surface area contributed by atoms with E-state index >= 15 is 0 Å². The summed E-state index contributed by atoms with van der Waals surface area (Å²) in [6.07, 6.45) is 3.30. The van der Waals surface area contributed by atoms with E-state index in [9.17, 15) is 4.79 Å². The second-order valence-electron chi connectivity index (χ2n) is 5.39. The van der Waals surface area contributed by atoms with Crippen LogP contribution in [-0.2, 0) is 16.1 Å². The van der Waals surface area contributed by atoms with E-state index in [1.54, 1.807) is 20.4 Å². The number of piperidine rings is 1. The summed E-state index contributed by atoms with van der Waals surface area (Å²) in [5.74, 6) is 1.32. The standard InChI is InChI=1S/C16H24N4O3/c1-17-16(19-11-12-4-7-18-14(10-12)22-2)20-8-5-13(6-9-20)15(21)23-3/h4,7,10,13H,5-6,8-9,11H2,1-3H3,(H,17,19). The summed E-state index contributed by atoms with van der Waals surface area (Å²) in [6, 6.07) is 3.83. The maximum atomic E-state index is 11.6. The average molecular weight is 320 g/mol. The molecule has 0 radical (unpaired) electrons. The van der Waals surface area contributed by atoms with Gasteiger partial charge in [-0.3, -0.25) is 9.79 Å². The molecule has 0 aliphatic carbocycles. The Balaban J connectivity index is 1.87. The Morgan fingerprint density at radius 3 is 2.78 bits per heavy atom. The van der Waals surface area contributed by atoms with Crippen LogP contribution < -0.4 is 10.1 Å². The lowest BCUT2D eigenvalue weighted by Gasteiger charge is -2.33. The van der Waals surface area contributed by atoms with Crippen molar-refractivity contribution in [2.75, 3.05) is 34.4 Å². The van der Waals surface area contributed by atoms with Gasteiger partial charge in [0.1, 0.15) is 0 Å². The van der Waals surface area contributed by atoms with Gasteiger partial charge in [-0.05, 0) is 24.5 Å². The van der Waals surface area contributed by atoms with Crippen LogP contribution in [0.2, 0.25) is 0 Å². The van der Waals surface area contributed by atoms with Crippen molar-refractivity contribution in [3.63, 3.8) is 0 Å². The number of aromatic nitrogens is 1. The molecular formula is C16H24N4O3. The third kappa shape index (κ3) is 4.58. The molecule has 1 saturated heterocycles. The number of hydrogen-bond acceptors (Lipinski definition) is 5. The highest BCUT2D eigenvalue weighted by Crippen LogP contribution is 2.18. The molecule has 7 nitrogen and oxygen atoms in total. The first-order valence-corrected chi connectivity index (χ1v) is 7.70. The fraction of sp³-hybridized carbons (Fsp3) is 0.562. The second kappa shape index (κ2) is 8.36. The van der Waals surface area contributed by atoms with Gasteiger partial charge in [0.25, 0.3) is 0 Å². The molecule has 2 rings (SSSR count). The lowest BCUT2D eigenvalue weighted by molar-refractivity contribution is -0.146. The average Bonchev–Trinajstić information content (AvgIpc) is 2.62. The van der Waals surface area contributed by atoms with Crippen molar-refractivity contribution < 1.29 is 14.3 Å². The maximum absolute atomic E-state index is 11.6. The number of nitrogens with one attached hydrogen (secondary N) is 1. The number of hydrogen-bond donors (Lipinski definition) is 1. The van der Waals surface area contributed by atoms with E-state index in [-0.39, 0.29) is 11.9 Å². The molecule has 126 valence electrons. The van der Waals surface area contributed by atoms with Crippen LogP contribution in [0.1, 0.15) is 18.4 Å². The van der Waals surface area contributed by atoms with Gasteiger partial charge in [-0.15, -0.1) is 0 Å². The third-order valence-electron chi connectivity index (χ3n) is 4.00. The first-order valence-electron chi connectivity index (χ1n) is 7.70. The third-order valence-corrected chi connectivity index (χ3v) is 4.00. The van der Waals surface area contributed by atoms with Crippen LogP contribution in [-0.4, -0.2) is 56.2 Å². The number of carbonyl (C=O) groups excluding carboxylic acids is 1. The summed E-state index contributed by atoms with van der Waals surface area (Å²) in [6.45, 7) is 2.22. The molecule has 0 spiro atoms. The number of esters is 1. The number of nitrogens with zero attached hydrogens (tertiary/aromatic N) is 3. The maximum Gasteiger partial charge on any atom is 0.308 e. The Morgan fingerprint density at radius 2 is 2.17 bits per heavy atom. The Kier molecular flexibility index (Phi) is 6.19. The molecule has 0 amide bonds. The summed E-state index contributed by atoms with van der Waals surface area (Å²) >= 11 is 0. The molecule has 1 aromatic heterocycles. The predicted molar refractivity (Wildman–Crippen MR) is 87.3 cm³/mol. The van der Waals surface area contributed by atoms with Gasteiger partial charge < -0.3 is 19.7 Å². The van der Waals surface area contributed by atoms with Gasteiger partial charge in [0.2, 0.25) is 5.88 Å². The number of guanidine groups is 1. The minimum absolute atomic E-state index is 0.00110. The zero-order valence-corrected chi connectivity index (χ0v) is 13.9. The zero-order chi connectivity index (χ0) is 16.7. The van der Waals surface area contributed by atoms with Crippen LogP contribution in [0.25, 0.3) is 0 Å². The topological polar surface area (TPSA) is 76.1 Å². The highest BCUT2D eigenvalue weighted by atomic mass is 16.5. The summed E-state index contributed by atoms with van der Waals surface area (Å²) in [5.41, 5.74) is 1.07. The van der Waals surface area contributed by atoms with Crippen LogP contribution in [0.15, 0.2) is 23.3 Å². The highest BCUT2D eigenvalue weighted by molar-refractivity contribution is 5.80. The van der Waals surface area contributed by atoms with Crippen molar-refractivity contribution in [3.05, 3.63) is 23.9 Å². The molecule has 1 aliphatic rings. The summed E-state index contributed by atoms with van der Waals surface area (Å²) in [4.78, 5) is 22.2. The van der Waals surface area contributed by atoms with Crippen molar-refractivity contribution in [1.82, 2.24) is 15.2 Å². The number of carbonyl (C=O) groups is 1. The molecule has 0 saturated carbocycles. The normalized spacial score (nSPS) is 16.1. The van der Waals surface area contributed by atoms with E-state index in [0.29, 0.717) is 12.4 Å². The SMILES string of the molecule is CN=C(NCc1ccnc(OC)c1)N1CCC(C(=O)OC)CC1. The first-order chi connectivity index (χ1) is 11.2. The first kappa shape index (κ1) is 17.1. The van der Waals surface area contributed by atoms with Crippen molar-refractivity contribution in [2.24, 2.45) is 10.9 Å². The molecule has 0 bridgehead atoms. The van der Waals surface area contributed by atoms with E-state index in [4.69, 9.17) is 9.47 Å². The molecular weight excluding hydrogens is 296 g/mol. The molecule has 23 heavy (non-hydrogen) atoms. The summed E-state index contributed by atoms with van der Waals surface area (Å²) in [5, 5.41) is 3.34. The van der Waals surface area contributed by atoms with E-state index in [1.807, 2.05) is 12.1 Å². The van der Waals surface area contributed by atoms with Crippen LogP contribution in [0.3, 0.4) is 0 Å². The molecule has 0 aromatic carbocycles. The van der Waals surface area contributed by atoms with Gasteiger partial charge in [0.15, 0.2) is 5.96 Å². The second-order valence-corrected chi connectivity index (χ2v) is 5.39. The Morgan fingerprint density at radius 1 is 1.43 bits per heavy atom. The van der Waals surface area contributed by atoms with Crippen molar-refractivity contribution in [3.8, 4) is 5.88 Å². The smallest absolute Gasteiger partial charge is 0.308 e. The molecule has 1 fully saturated rings. The number of aliphatic imine (C=N–C) groups is 1. The van der Waals surface area contributed by atoms with Gasteiger partial charge >= 0.3 is 5.97 Å². The molecule has 0 unspecified atom stereocenters. The van der Waals surface area contributed by atoms with E-state index in [0.717, 1.165) is 37.5 Å². The van der Waals surface area contributed by atoms with Crippen LogP contribution in [0.5, 0.6) is 5.88 Å². The molecule has 0 atom stereocenters. The number of methoxy groups -OCH3 is 2. The van der Waals surface area contributed by atoms with Crippen LogP contribution >= 0.6 is 0 Å². The van der Waals surface area contributed by atoms with E-state index < -0.39 is 0 Å². The van der Waals surface area contributed by atoms with Crippen molar-refractivity contribution in [2.45, 2.75) is 19.4 Å². The Bertz CT molecular complexity index is 554. The molecule has 1 aliphatic heterocycles. The van der Waals surface area contributed by atoms with Gasteiger partial charge in [0.05, 0.1) is 20.1 Å². The molecule has 1 N–H and O–H groups in total. The predicted octanol–water partition coefficient (Wildman–Crippen LogP) is 1.05.